The summed E-state index contributed by atoms with van der Waals surface area (Å²) in [5, 5.41) is 64.4. The van der Waals surface area contributed by atoms with E-state index in [1.54, 1.807) is 31.2 Å². The van der Waals surface area contributed by atoms with Gasteiger partial charge in [-0.05, 0) is 25.0 Å². The van der Waals surface area contributed by atoms with E-state index in [1.807, 2.05) is 0 Å². The van der Waals surface area contributed by atoms with Crippen LogP contribution in [0.15, 0.2) is 24.3 Å². The Labute approximate surface area is 251 Å². The van der Waals surface area contributed by atoms with Crippen molar-refractivity contribution in [2.75, 3.05) is 13.2 Å². The van der Waals surface area contributed by atoms with Gasteiger partial charge in [0.05, 0.1) is 25.4 Å². The number of carbonyl (C=O) groups excluding carboxylic acids is 1. The number of hydrogen-bond acceptors (Lipinski definition) is 9. The number of carbonyl (C=O) groups is 1. The predicted octanol–water partition coefficient (Wildman–Crippen LogP) is 2.72. The minimum atomic E-state index is -1.63. The summed E-state index contributed by atoms with van der Waals surface area (Å²) >= 11 is 0. The number of aryl methyl sites for hydroxylation is 1. The Bertz CT molecular complexity index is 870. The van der Waals surface area contributed by atoms with Crippen molar-refractivity contribution >= 4 is 5.91 Å². The Morgan fingerprint density at radius 2 is 1.45 bits per heavy atom. The van der Waals surface area contributed by atoms with E-state index in [0.717, 1.165) is 31.2 Å². The number of benzene rings is 1. The molecule has 1 amide bonds. The number of aliphatic hydroxyl groups excluding tert-OH is 6. The summed E-state index contributed by atoms with van der Waals surface area (Å²) in [5.41, 5.74) is 1.13. The van der Waals surface area contributed by atoms with E-state index in [-0.39, 0.29) is 6.61 Å². The van der Waals surface area contributed by atoms with Crippen molar-refractivity contribution in [1.82, 2.24) is 5.32 Å². The molecule has 1 aliphatic heterocycles. The molecule has 0 saturated carbocycles. The van der Waals surface area contributed by atoms with E-state index in [2.05, 4.69) is 12.2 Å². The van der Waals surface area contributed by atoms with Crippen LogP contribution in [0, 0.1) is 6.92 Å². The summed E-state index contributed by atoms with van der Waals surface area (Å²) in [4.78, 5) is 13.0. The van der Waals surface area contributed by atoms with Crippen molar-refractivity contribution in [3.05, 3.63) is 35.4 Å². The summed E-state index contributed by atoms with van der Waals surface area (Å²) in [6.07, 6.45) is 4.64. The van der Waals surface area contributed by atoms with Crippen LogP contribution < -0.4 is 5.32 Å². The average molecular weight is 598 g/mol. The second-order valence-corrected chi connectivity index (χ2v) is 11.7. The van der Waals surface area contributed by atoms with Crippen LogP contribution in [0.5, 0.6) is 0 Å². The van der Waals surface area contributed by atoms with E-state index in [9.17, 15) is 35.4 Å². The highest BCUT2D eigenvalue weighted by atomic mass is 16.7. The average Bonchev–Trinajstić information content (AvgIpc) is 2.99. The van der Waals surface area contributed by atoms with Gasteiger partial charge in [-0.3, -0.25) is 4.79 Å². The summed E-state index contributed by atoms with van der Waals surface area (Å²) in [6.45, 7) is 3.04. The molecule has 0 radical (unpaired) electrons. The minimum absolute atomic E-state index is 0.343. The zero-order chi connectivity index (χ0) is 30.9. The Balaban J connectivity index is 1.87. The Hall–Kier alpha value is -1.63. The highest BCUT2D eigenvalue weighted by Gasteiger charge is 2.44. The maximum atomic E-state index is 13.0. The van der Waals surface area contributed by atoms with Crippen molar-refractivity contribution in [1.29, 1.82) is 0 Å². The van der Waals surface area contributed by atoms with E-state index in [4.69, 9.17) is 9.47 Å². The van der Waals surface area contributed by atoms with Crippen molar-refractivity contribution in [3.8, 4) is 0 Å². The number of ether oxygens (including phenoxy) is 2. The molecule has 10 nitrogen and oxygen atoms in total. The lowest BCUT2D eigenvalue weighted by molar-refractivity contribution is -0.303. The fraction of sp³-hybridized carbons (Fsp3) is 0.781. The summed E-state index contributed by atoms with van der Waals surface area (Å²) < 4.78 is 11.0. The molecule has 1 fully saturated rings. The maximum absolute atomic E-state index is 13.0. The van der Waals surface area contributed by atoms with Crippen LogP contribution in [0.3, 0.4) is 0 Å². The molecular formula is C32H55NO9. The molecule has 7 N–H and O–H groups in total. The first-order valence-electron chi connectivity index (χ1n) is 15.9. The SMILES string of the molecule is CCCCCCCCCCCCCC[C@@H](O)[C@@H](O)[C@H](CO[C@H]1O[C@H](CO)[C@H](O)[C@H](O)[C@H]1O)NC(=O)c1ccccc1C. The molecule has 0 bridgehead atoms. The predicted molar refractivity (Wildman–Crippen MR) is 160 cm³/mol. The zero-order valence-corrected chi connectivity index (χ0v) is 25.4. The normalized spacial score (nSPS) is 24.7. The lowest BCUT2D eigenvalue weighted by Gasteiger charge is -2.40. The Morgan fingerprint density at radius 3 is 2.02 bits per heavy atom. The number of unbranched alkanes of at least 4 members (excludes halogenated alkanes) is 11. The van der Waals surface area contributed by atoms with Gasteiger partial charge >= 0.3 is 0 Å². The van der Waals surface area contributed by atoms with Gasteiger partial charge < -0.3 is 45.4 Å². The fourth-order valence-electron chi connectivity index (χ4n) is 5.34. The molecule has 0 aromatic heterocycles. The molecule has 0 aliphatic carbocycles. The quantitative estimate of drug-likeness (QED) is 0.105. The third-order valence-electron chi connectivity index (χ3n) is 8.15. The Kier molecular flexibility index (Phi) is 17.7. The van der Waals surface area contributed by atoms with Crippen LogP contribution >= 0.6 is 0 Å². The third-order valence-corrected chi connectivity index (χ3v) is 8.15. The molecule has 1 aromatic carbocycles. The molecule has 2 rings (SSSR count). The van der Waals surface area contributed by atoms with Gasteiger partial charge in [0.15, 0.2) is 6.29 Å². The first-order chi connectivity index (χ1) is 20.2. The van der Waals surface area contributed by atoms with Crippen molar-refractivity contribution in [2.45, 2.75) is 146 Å². The van der Waals surface area contributed by atoms with Gasteiger partial charge in [-0.2, -0.15) is 0 Å². The lowest BCUT2D eigenvalue weighted by Crippen LogP contribution is -2.60. The van der Waals surface area contributed by atoms with Crippen molar-refractivity contribution < 1.29 is 44.9 Å². The lowest BCUT2D eigenvalue weighted by atomic mass is 9.98. The molecule has 242 valence electrons. The third kappa shape index (κ3) is 12.2. The maximum Gasteiger partial charge on any atom is 0.251 e. The molecular weight excluding hydrogens is 542 g/mol. The first kappa shape index (κ1) is 36.6. The van der Waals surface area contributed by atoms with Crippen LogP contribution in [-0.4, -0.2) is 98.7 Å². The van der Waals surface area contributed by atoms with Crippen LogP contribution in [-0.2, 0) is 9.47 Å². The monoisotopic (exact) mass is 597 g/mol. The molecule has 1 heterocycles. The summed E-state index contributed by atoms with van der Waals surface area (Å²) in [7, 11) is 0. The van der Waals surface area contributed by atoms with Gasteiger partial charge in [-0.1, -0.05) is 102 Å². The fourth-order valence-corrected chi connectivity index (χ4v) is 5.34. The van der Waals surface area contributed by atoms with Gasteiger partial charge in [0.2, 0.25) is 0 Å². The van der Waals surface area contributed by atoms with E-state index >= 15 is 0 Å². The van der Waals surface area contributed by atoms with Gasteiger partial charge in [-0.25, -0.2) is 0 Å². The molecule has 8 atom stereocenters. The van der Waals surface area contributed by atoms with E-state index in [0.29, 0.717) is 12.0 Å². The first-order valence-corrected chi connectivity index (χ1v) is 15.9. The topological polar surface area (TPSA) is 169 Å². The summed E-state index contributed by atoms with van der Waals surface area (Å²) in [6, 6.07) is 5.89. The van der Waals surface area contributed by atoms with Gasteiger partial charge in [0.25, 0.3) is 5.91 Å². The van der Waals surface area contributed by atoms with Crippen LogP contribution in [0.1, 0.15) is 106 Å². The smallest absolute Gasteiger partial charge is 0.251 e. The molecule has 10 heteroatoms. The largest absolute Gasteiger partial charge is 0.394 e. The number of rotatable bonds is 21. The standard InChI is InChI=1S/C32H55NO9/c1-3-4-5-6-7-8-9-10-11-12-13-14-19-25(35)27(36)24(33-31(40)23-18-16-15-17-22(23)2)21-41-32-30(39)29(38)28(37)26(20-34)42-32/h15-18,24-30,32,34-39H,3-14,19-21H2,1-2H3,(H,33,40)/t24-,25+,26+,27-,28-,29-,30+,32-/m0/s1. The van der Waals surface area contributed by atoms with Crippen molar-refractivity contribution in [3.63, 3.8) is 0 Å². The number of amides is 1. The van der Waals surface area contributed by atoms with E-state index < -0.39 is 61.5 Å². The summed E-state index contributed by atoms with van der Waals surface area (Å²) in [5.74, 6) is -0.466. The van der Waals surface area contributed by atoms with Gasteiger partial charge in [0, 0.05) is 5.56 Å². The molecule has 1 aliphatic rings. The molecule has 0 spiro atoms. The minimum Gasteiger partial charge on any atom is -0.394 e. The molecule has 0 unspecified atom stereocenters. The van der Waals surface area contributed by atoms with E-state index in [1.165, 1.54) is 51.4 Å². The number of hydrogen-bond donors (Lipinski definition) is 7. The van der Waals surface area contributed by atoms with Gasteiger partial charge in [-0.15, -0.1) is 0 Å². The highest BCUT2D eigenvalue weighted by molar-refractivity contribution is 5.95. The molecule has 1 aromatic rings. The second kappa shape index (κ2) is 20.3. The Morgan fingerprint density at radius 1 is 0.881 bits per heavy atom. The van der Waals surface area contributed by atoms with Crippen LogP contribution in [0.4, 0.5) is 0 Å². The number of nitrogens with one attached hydrogen (secondary N) is 1. The highest BCUT2D eigenvalue weighted by Crippen LogP contribution is 2.23. The van der Waals surface area contributed by atoms with Gasteiger partial charge in [0.1, 0.15) is 30.5 Å². The zero-order valence-electron chi connectivity index (χ0n) is 25.4. The van der Waals surface area contributed by atoms with Crippen LogP contribution in [0.2, 0.25) is 0 Å². The molecule has 1 saturated heterocycles. The van der Waals surface area contributed by atoms with Crippen LogP contribution in [0.25, 0.3) is 0 Å². The van der Waals surface area contributed by atoms with Crippen molar-refractivity contribution in [2.24, 2.45) is 0 Å². The second-order valence-electron chi connectivity index (χ2n) is 11.7. The number of aliphatic hydroxyl groups is 6. The molecule has 42 heavy (non-hydrogen) atoms.